The number of hydrogen-bond donors (Lipinski definition) is 1. The zero-order valence-corrected chi connectivity index (χ0v) is 13.3. The standard InChI is InChI=1S/C14H18BrNO4/c1-14(2)12(18)9-11(19-3)10(17)7(15)6-16(9)8-4-5-20-13(8)14/h6,8,12-13,18H,4-5H2,1-3H3/t8-,12?,13+/m1/s1. The van der Waals surface area contributed by atoms with Crippen LogP contribution in [0.15, 0.2) is 15.5 Å². The minimum atomic E-state index is -0.808. The van der Waals surface area contributed by atoms with Gasteiger partial charge in [-0.1, -0.05) is 13.8 Å². The monoisotopic (exact) mass is 343 g/mol. The van der Waals surface area contributed by atoms with Crippen molar-refractivity contribution >= 4 is 15.9 Å². The molecule has 0 aromatic carbocycles. The number of fused-ring (bicyclic) bond motifs is 3. The predicted octanol–water partition coefficient (Wildman–Crippen LogP) is 2.02. The molecule has 3 heterocycles. The van der Waals surface area contributed by atoms with E-state index < -0.39 is 11.5 Å². The van der Waals surface area contributed by atoms with E-state index in [0.29, 0.717) is 16.8 Å². The number of hydrogen-bond acceptors (Lipinski definition) is 4. The molecule has 0 saturated carbocycles. The lowest BCUT2D eigenvalue weighted by atomic mass is 9.73. The summed E-state index contributed by atoms with van der Waals surface area (Å²) in [5, 5.41) is 10.7. The van der Waals surface area contributed by atoms with E-state index in [4.69, 9.17) is 9.47 Å². The van der Waals surface area contributed by atoms with Gasteiger partial charge in [0.05, 0.1) is 29.4 Å². The number of pyridine rings is 1. The van der Waals surface area contributed by atoms with E-state index in [2.05, 4.69) is 15.9 Å². The van der Waals surface area contributed by atoms with Gasteiger partial charge >= 0.3 is 0 Å². The molecular weight excluding hydrogens is 326 g/mol. The van der Waals surface area contributed by atoms with E-state index in [9.17, 15) is 9.90 Å². The van der Waals surface area contributed by atoms with E-state index in [1.54, 1.807) is 6.20 Å². The first-order valence-electron chi connectivity index (χ1n) is 6.67. The van der Waals surface area contributed by atoms with E-state index in [0.717, 1.165) is 6.42 Å². The van der Waals surface area contributed by atoms with Gasteiger partial charge in [-0.25, -0.2) is 0 Å². The molecule has 6 heteroatoms. The molecule has 1 fully saturated rings. The lowest BCUT2D eigenvalue weighted by Crippen LogP contribution is -2.46. The molecule has 1 saturated heterocycles. The van der Waals surface area contributed by atoms with Gasteiger partial charge in [0.15, 0.2) is 5.75 Å². The van der Waals surface area contributed by atoms with Gasteiger partial charge in [-0.3, -0.25) is 4.79 Å². The quantitative estimate of drug-likeness (QED) is 0.847. The first-order chi connectivity index (χ1) is 9.39. The van der Waals surface area contributed by atoms with E-state index in [-0.39, 0.29) is 23.3 Å². The largest absolute Gasteiger partial charge is 0.491 e. The number of aromatic nitrogens is 1. The van der Waals surface area contributed by atoms with Crippen molar-refractivity contribution in [2.75, 3.05) is 13.7 Å². The number of halogens is 1. The lowest BCUT2D eigenvalue weighted by molar-refractivity contribution is -0.0940. The Labute approximate surface area is 125 Å². The molecule has 0 amide bonds. The second kappa shape index (κ2) is 4.58. The van der Waals surface area contributed by atoms with Gasteiger partial charge in [0, 0.05) is 18.2 Å². The molecule has 2 aliphatic heterocycles. The fourth-order valence-corrected chi connectivity index (χ4v) is 3.81. The van der Waals surface area contributed by atoms with Crippen molar-refractivity contribution in [1.82, 2.24) is 4.57 Å². The molecule has 110 valence electrons. The maximum absolute atomic E-state index is 12.2. The Hall–Kier alpha value is -0.850. The molecule has 1 aromatic rings. The Morgan fingerprint density at radius 3 is 2.90 bits per heavy atom. The third kappa shape index (κ3) is 1.71. The summed E-state index contributed by atoms with van der Waals surface area (Å²) in [6.07, 6.45) is 1.73. The van der Waals surface area contributed by atoms with Crippen molar-refractivity contribution < 1.29 is 14.6 Å². The average Bonchev–Trinajstić information content (AvgIpc) is 2.89. The topological polar surface area (TPSA) is 60.7 Å². The van der Waals surface area contributed by atoms with Crippen LogP contribution in [0.4, 0.5) is 0 Å². The van der Waals surface area contributed by atoms with Gasteiger partial charge in [-0.05, 0) is 22.4 Å². The van der Waals surface area contributed by atoms with E-state index >= 15 is 0 Å². The fourth-order valence-electron chi connectivity index (χ4n) is 3.41. The van der Waals surface area contributed by atoms with Crippen LogP contribution in [-0.2, 0) is 4.74 Å². The fraction of sp³-hybridized carbons (Fsp3) is 0.643. The summed E-state index contributed by atoms with van der Waals surface area (Å²) in [7, 11) is 1.46. The molecule has 20 heavy (non-hydrogen) atoms. The third-order valence-electron chi connectivity index (χ3n) is 4.51. The summed E-state index contributed by atoms with van der Waals surface area (Å²) < 4.78 is 13.5. The van der Waals surface area contributed by atoms with Gasteiger partial charge in [-0.15, -0.1) is 0 Å². The number of rotatable bonds is 1. The molecule has 0 aliphatic carbocycles. The van der Waals surface area contributed by atoms with Crippen molar-refractivity contribution in [2.45, 2.75) is 38.5 Å². The number of aliphatic hydroxyl groups excluding tert-OH is 1. The summed E-state index contributed by atoms with van der Waals surface area (Å²) in [6.45, 7) is 4.60. The highest BCUT2D eigenvalue weighted by atomic mass is 79.9. The van der Waals surface area contributed by atoms with Gasteiger partial charge in [0.2, 0.25) is 5.43 Å². The molecule has 2 aliphatic rings. The number of aliphatic hydroxyl groups is 1. The molecule has 3 atom stereocenters. The van der Waals surface area contributed by atoms with Crippen LogP contribution < -0.4 is 10.2 Å². The van der Waals surface area contributed by atoms with Gasteiger partial charge < -0.3 is 19.1 Å². The normalized spacial score (nSPS) is 30.8. The highest BCUT2D eigenvalue weighted by Gasteiger charge is 2.52. The van der Waals surface area contributed by atoms with Crippen LogP contribution in [0.2, 0.25) is 0 Å². The average molecular weight is 344 g/mol. The predicted molar refractivity (Wildman–Crippen MR) is 77.1 cm³/mol. The van der Waals surface area contributed by atoms with Crippen LogP contribution in [-0.4, -0.2) is 29.5 Å². The molecular formula is C14H18BrNO4. The minimum absolute atomic E-state index is 0.0656. The van der Waals surface area contributed by atoms with Crippen molar-refractivity contribution in [3.63, 3.8) is 0 Å². The van der Waals surface area contributed by atoms with Crippen LogP contribution in [0.25, 0.3) is 0 Å². The molecule has 1 N–H and O–H groups in total. The maximum Gasteiger partial charge on any atom is 0.237 e. The minimum Gasteiger partial charge on any atom is -0.491 e. The highest BCUT2D eigenvalue weighted by Crippen LogP contribution is 2.52. The first-order valence-corrected chi connectivity index (χ1v) is 7.47. The number of methoxy groups -OCH3 is 1. The molecule has 5 nitrogen and oxygen atoms in total. The molecule has 3 rings (SSSR count). The molecule has 0 spiro atoms. The number of ether oxygens (including phenoxy) is 2. The zero-order valence-electron chi connectivity index (χ0n) is 11.7. The van der Waals surface area contributed by atoms with Crippen LogP contribution >= 0.6 is 15.9 Å². The zero-order chi connectivity index (χ0) is 14.7. The second-order valence-corrected chi connectivity index (χ2v) is 6.86. The highest BCUT2D eigenvalue weighted by molar-refractivity contribution is 9.10. The van der Waals surface area contributed by atoms with E-state index in [1.165, 1.54) is 7.11 Å². The van der Waals surface area contributed by atoms with Crippen molar-refractivity contribution in [2.24, 2.45) is 5.41 Å². The summed E-state index contributed by atoms with van der Waals surface area (Å²) in [5.74, 6) is 0.213. The van der Waals surface area contributed by atoms with Gasteiger partial charge in [0.25, 0.3) is 0 Å². The second-order valence-electron chi connectivity index (χ2n) is 6.00. The van der Waals surface area contributed by atoms with Crippen molar-refractivity contribution in [3.8, 4) is 5.75 Å². The van der Waals surface area contributed by atoms with Gasteiger partial charge in [-0.2, -0.15) is 0 Å². The Kier molecular flexibility index (Phi) is 3.23. The lowest BCUT2D eigenvalue weighted by Gasteiger charge is -2.45. The van der Waals surface area contributed by atoms with Crippen LogP contribution in [0, 0.1) is 5.41 Å². The van der Waals surface area contributed by atoms with Crippen molar-refractivity contribution in [3.05, 3.63) is 26.6 Å². The Bertz CT molecular complexity index is 610. The summed E-state index contributed by atoms with van der Waals surface area (Å²) in [4.78, 5) is 12.2. The van der Waals surface area contributed by atoms with E-state index in [1.807, 2.05) is 18.4 Å². The Morgan fingerprint density at radius 1 is 1.55 bits per heavy atom. The SMILES string of the molecule is COc1c2n(cc(Br)c1=O)[C@@H]1CCO[C@@H]1C(C)(C)C2O. The van der Waals surface area contributed by atoms with Crippen LogP contribution in [0.3, 0.4) is 0 Å². The summed E-state index contributed by atoms with van der Waals surface area (Å²) in [5.41, 5.74) is -0.141. The van der Waals surface area contributed by atoms with Gasteiger partial charge in [0.1, 0.15) is 6.10 Å². The first kappa shape index (κ1) is 14.1. The Morgan fingerprint density at radius 2 is 2.25 bits per heavy atom. The number of nitrogens with zero attached hydrogens (tertiary/aromatic N) is 1. The molecule has 0 bridgehead atoms. The molecule has 1 unspecified atom stereocenters. The molecule has 0 radical (unpaired) electrons. The maximum atomic E-state index is 12.2. The summed E-state index contributed by atoms with van der Waals surface area (Å²) >= 11 is 3.28. The third-order valence-corrected chi connectivity index (χ3v) is 5.07. The summed E-state index contributed by atoms with van der Waals surface area (Å²) in [6, 6.07) is 0.120. The van der Waals surface area contributed by atoms with Crippen molar-refractivity contribution in [1.29, 1.82) is 0 Å². The van der Waals surface area contributed by atoms with Crippen LogP contribution in [0.5, 0.6) is 5.75 Å². The smallest absolute Gasteiger partial charge is 0.237 e. The molecule has 1 aromatic heterocycles. The Balaban J connectivity index is 2.31. The van der Waals surface area contributed by atoms with Crippen LogP contribution in [0.1, 0.15) is 38.1 Å².